The van der Waals surface area contributed by atoms with Crippen LogP contribution in [0.3, 0.4) is 0 Å². The molecule has 120 valence electrons. The highest BCUT2D eigenvalue weighted by Crippen LogP contribution is 2.15. The van der Waals surface area contributed by atoms with Gasteiger partial charge in [0, 0.05) is 32.7 Å². The molecule has 0 radical (unpaired) electrons. The van der Waals surface area contributed by atoms with E-state index in [1.165, 1.54) is 11.6 Å². The van der Waals surface area contributed by atoms with Gasteiger partial charge in [0.25, 0.3) is 5.56 Å². The summed E-state index contributed by atoms with van der Waals surface area (Å²) in [5.41, 5.74) is 1.01. The molecular formula is C15H16ClN5O2. The quantitative estimate of drug-likeness (QED) is 0.782. The summed E-state index contributed by atoms with van der Waals surface area (Å²) in [6, 6.07) is 7.44. The number of benzene rings is 1. The van der Waals surface area contributed by atoms with Gasteiger partial charge in [-0.25, -0.2) is 4.79 Å². The highest BCUT2D eigenvalue weighted by Gasteiger charge is 2.16. The topological polar surface area (TPSA) is 73.8 Å². The first-order chi connectivity index (χ1) is 10.9. The summed E-state index contributed by atoms with van der Waals surface area (Å²) in [7, 11) is 4.80. The molecule has 0 atom stereocenters. The van der Waals surface area contributed by atoms with E-state index in [1.807, 2.05) is 24.3 Å². The van der Waals surface area contributed by atoms with Crippen molar-refractivity contribution in [3.05, 3.63) is 55.7 Å². The lowest BCUT2D eigenvalue weighted by Crippen LogP contribution is -2.37. The fourth-order valence-corrected chi connectivity index (χ4v) is 2.59. The van der Waals surface area contributed by atoms with E-state index in [2.05, 4.69) is 10.3 Å². The van der Waals surface area contributed by atoms with Gasteiger partial charge in [0.15, 0.2) is 11.2 Å². The van der Waals surface area contributed by atoms with Gasteiger partial charge in [-0.05, 0) is 17.7 Å². The lowest BCUT2D eigenvalue weighted by molar-refractivity contribution is 0.705. The molecule has 0 unspecified atom stereocenters. The lowest BCUT2D eigenvalue weighted by atomic mass is 10.2. The predicted octanol–water partition coefficient (Wildman–Crippen LogP) is 1.24. The number of aryl methyl sites for hydroxylation is 2. The number of aromatic nitrogens is 4. The Hall–Kier alpha value is -2.54. The molecule has 0 aliphatic carbocycles. The van der Waals surface area contributed by atoms with Gasteiger partial charge in [-0.3, -0.25) is 13.9 Å². The van der Waals surface area contributed by atoms with Crippen molar-refractivity contribution in [3.63, 3.8) is 0 Å². The second kappa shape index (κ2) is 5.58. The van der Waals surface area contributed by atoms with Gasteiger partial charge in [0.05, 0.1) is 0 Å². The zero-order valence-corrected chi connectivity index (χ0v) is 13.8. The van der Waals surface area contributed by atoms with Crippen LogP contribution in [0.5, 0.6) is 0 Å². The molecule has 0 saturated heterocycles. The van der Waals surface area contributed by atoms with Crippen molar-refractivity contribution in [3.8, 4) is 0 Å². The molecular weight excluding hydrogens is 318 g/mol. The summed E-state index contributed by atoms with van der Waals surface area (Å²) >= 11 is 5.87. The number of nitrogens with zero attached hydrogens (tertiary/aromatic N) is 4. The Labute approximate surface area is 136 Å². The van der Waals surface area contributed by atoms with Crippen molar-refractivity contribution in [2.24, 2.45) is 21.1 Å². The fraction of sp³-hybridized carbons (Fsp3) is 0.267. The number of rotatable bonds is 3. The zero-order chi connectivity index (χ0) is 16.7. The lowest BCUT2D eigenvalue weighted by Gasteiger charge is -2.06. The van der Waals surface area contributed by atoms with Gasteiger partial charge in [0.1, 0.15) is 0 Å². The van der Waals surface area contributed by atoms with Gasteiger partial charge in [-0.15, -0.1) is 0 Å². The summed E-state index contributed by atoms with van der Waals surface area (Å²) in [4.78, 5) is 28.7. The number of fused-ring (bicyclic) bond motifs is 1. The Bertz CT molecular complexity index is 998. The number of imidazole rings is 1. The Morgan fingerprint density at radius 3 is 2.35 bits per heavy atom. The second-order valence-electron chi connectivity index (χ2n) is 5.35. The fourth-order valence-electron chi connectivity index (χ4n) is 2.46. The van der Waals surface area contributed by atoms with Crippen molar-refractivity contribution in [2.45, 2.75) is 6.54 Å². The Balaban J connectivity index is 2.02. The Kier molecular flexibility index (Phi) is 3.73. The van der Waals surface area contributed by atoms with Gasteiger partial charge in [-0.2, -0.15) is 4.98 Å². The van der Waals surface area contributed by atoms with E-state index in [4.69, 9.17) is 11.6 Å². The van der Waals surface area contributed by atoms with Crippen LogP contribution in [0.1, 0.15) is 5.56 Å². The molecule has 0 saturated carbocycles. The van der Waals surface area contributed by atoms with Crippen molar-refractivity contribution in [1.29, 1.82) is 0 Å². The molecule has 7 nitrogen and oxygen atoms in total. The molecule has 0 aliphatic heterocycles. The molecule has 8 heteroatoms. The number of hydrogen-bond donors (Lipinski definition) is 1. The van der Waals surface area contributed by atoms with Crippen molar-refractivity contribution in [2.75, 3.05) is 5.32 Å². The highest BCUT2D eigenvalue weighted by molar-refractivity contribution is 6.30. The average Bonchev–Trinajstić information content (AvgIpc) is 2.87. The van der Waals surface area contributed by atoms with E-state index in [0.717, 1.165) is 10.1 Å². The summed E-state index contributed by atoms with van der Waals surface area (Å²) in [6.07, 6.45) is 0. The van der Waals surface area contributed by atoms with Crippen LogP contribution >= 0.6 is 11.6 Å². The first kappa shape index (κ1) is 15.4. The normalized spacial score (nSPS) is 11.1. The minimum atomic E-state index is -0.398. The van der Waals surface area contributed by atoms with E-state index in [9.17, 15) is 9.59 Å². The van der Waals surface area contributed by atoms with Crippen LogP contribution in [0, 0.1) is 0 Å². The molecule has 1 aromatic carbocycles. The third-order valence-corrected chi connectivity index (χ3v) is 4.09. The summed E-state index contributed by atoms with van der Waals surface area (Å²) in [5, 5.41) is 3.85. The van der Waals surface area contributed by atoms with E-state index in [-0.39, 0.29) is 5.56 Å². The van der Waals surface area contributed by atoms with Crippen LogP contribution < -0.4 is 16.6 Å². The van der Waals surface area contributed by atoms with E-state index in [0.29, 0.717) is 28.7 Å². The maximum absolute atomic E-state index is 12.3. The van der Waals surface area contributed by atoms with Crippen LogP contribution in [0.15, 0.2) is 33.9 Å². The smallest absolute Gasteiger partial charge is 0.332 e. The number of hydrogen-bond acceptors (Lipinski definition) is 4. The van der Waals surface area contributed by atoms with Gasteiger partial charge in [-0.1, -0.05) is 23.7 Å². The van der Waals surface area contributed by atoms with Crippen LogP contribution in [-0.2, 0) is 27.7 Å². The molecule has 23 heavy (non-hydrogen) atoms. The summed E-state index contributed by atoms with van der Waals surface area (Å²) < 4.78 is 4.10. The SMILES string of the molecule is Cn1c(=O)c2c(nc(NCc3ccc(Cl)cc3)n2C)n(C)c1=O. The first-order valence-corrected chi connectivity index (χ1v) is 7.38. The molecule has 0 spiro atoms. The zero-order valence-electron chi connectivity index (χ0n) is 13.0. The molecule has 2 heterocycles. The second-order valence-corrected chi connectivity index (χ2v) is 5.79. The standard InChI is InChI=1S/C15H16ClN5O2/c1-19-11-12(20(2)15(23)21(3)13(11)22)18-14(19)17-8-9-4-6-10(16)7-5-9/h4-7H,8H2,1-3H3,(H,17,18). The van der Waals surface area contributed by atoms with Gasteiger partial charge >= 0.3 is 5.69 Å². The van der Waals surface area contributed by atoms with Crippen molar-refractivity contribution >= 4 is 28.7 Å². The third kappa shape index (κ3) is 2.53. The van der Waals surface area contributed by atoms with Crippen molar-refractivity contribution in [1.82, 2.24) is 18.7 Å². The van der Waals surface area contributed by atoms with Crippen LogP contribution in [0.4, 0.5) is 5.95 Å². The van der Waals surface area contributed by atoms with Crippen LogP contribution in [0.25, 0.3) is 11.2 Å². The Morgan fingerprint density at radius 1 is 1.04 bits per heavy atom. The Morgan fingerprint density at radius 2 is 1.70 bits per heavy atom. The molecule has 0 fully saturated rings. The molecule has 3 rings (SSSR count). The summed E-state index contributed by atoms with van der Waals surface area (Å²) in [6.45, 7) is 0.530. The van der Waals surface area contributed by atoms with Crippen LogP contribution in [-0.4, -0.2) is 18.7 Å². The van der Waals surface area contributed by atoms with E-state index < -0.39 is 5.69 Å². The van der Waals surface area contributed by atoms with Gasteiger partial charge in [0.2, 0.25) is 5.95 Å². The minimum Gasteiger partial charge on any atom is -0.352 e. The third-order valence-electron chi connectivity index (χ3n) is 3.84. The molecule has 0 bridgehead atoms. The van der Waals surface area contributed by atoms with E-state index in [1.54, 1.807) is 18.7 Å². The monoisotopic (exact) mass is 333 g/mol. The van der Waals surface area contributed by atoms with Gasteiger partial charge < -0.3 is 9.88 Å². The number of halogens is 1. The number of nitrogens with one attached hydrogen (secondary N) is 1. The van der Waals surface area contributed by atoms with Crippen LogP contribution in [0.2, 0.25) is 5.02 Å². The molecule has 0 amide bonds. The molecule has 1 N–H and O–H groups in total. The highest BCUT2D eigenvalue weighted by atomic mass is 35.5. The first-order valence-electron chi connectivity index (χ1n) is 7.01. The maximum atomic E-state index is 12.3. The summed E-state index contributed by atoms with van der Waals surface area (Å²) in [5.74, 6) is 0.522. The molecule has 0 aliphatic rings. The largest absolute Gasteiger partial charge is 0.352 e. The maximum Gasteiger partial charge on any atom is 0.332 e. The molecule has 2 aromatic heterocycles. The predicted molar refractivity (Wildman–Crippen MR) is 90.0 cm³/mol. The van der Waals surface area contributed by atoms with E-state index >= 15 is 0 Å². The minimum absolute atomic E-state index is 0.360. The number of anilines is 1. The molecule has 3 aromatic rings. The average molecular weight is 334 g/mol. The van der Waals surface area contributed by atoms with Crippen molar-refractivity contribution < 1.29 is 0 Å².